The summed E-state index contributed by atoms with van der Waals surface area (Å²) < 4.78 is 24.3. The Morgan fingerprint density at radius 3 is 1.26 bits per heavy atom. The van der Waals surface area contributed by atoms with Crippen LogP contribution >= 0.6 is 0 Å². The average molecular weight is 434 g/mol. The Balaban J connectivity index is 1.15. The zero-order chi connectivity index (χ0) is 22.0. The van der Waals surface area contributed by atoms with Crippen molar-refractivity contribution in [2.45, 2.75) is 104 Å². The van der Waals surface area contributed by atoms with Gasteiger partial charge in [-0.05, 0) is 62.2 Å². The van der Waals surface area contributed by atoms with Crippen molar-refractivity contribution in [3.63, 3.8) is 0 Å². The summed E-state index contributed by atoms with van der Waals surface area (Å²) in [5.41, 5.74) is 4.02. The summed E-state index contributed by atoms with van der Waals surface area (Å²) in [4.78, 5) is 0. The van der Waals surface area contributed by atoms with E-state index in [0.29, 0.717) is 37.3 Å². The van der Waals surface area contributed by atoms with Crippen LogP contribution in [-0.2, 0) is 18.9 Å². The molecule has 2 saturated heterocycles. The lowest BCUT2D eigenvalue weighted by atomic mass is 9.75. The van der Waals surface area contributed by atoms with Crippen LogP contribution in [-0.4, -0.2) is 39.0 Å². The predicted octanol–water partition coefficient (Wildman–Crippen LogP) is 6.55. The highest BCUT2D eigenvalue weighted by atomic mass is 16.7. The van der Waals surface area contributed by atoms with Crippen molar-refractivity contribution in [3.05, 3.63) is 23.3 Å². The number of hydrogen-bond donors (Lipinski definition) is 0. The van der Waals surface area contributed by atoms with E-state index in [2.05, 4.69) is 39.8 Å². The van der Waals surface area contributed by atoms with Gasteiger partial charge in [0.15, 0.2) is 12.6 Å². The van der Waals surface area contributed by atoms with Crippen molar-refractivity contribution in [3.8, 4) is 0 Å². The van der Waals surface area contributed by atoms with Crippen molar-refractivity contribution >= 4 is 0 Å². The first-order valence-electron chi connectivity index (χ1n) is 12.6. The topological polar surface area (TPSA) is 36.9 Å². The van der Waals surface area contributed by atoms with E-state index in [9.17, 15) is 0 Å². The van der Waals surface area contributed by atoms with Gasteiger partial charge in [-0.25, -0.2) is 0 Å². The average Bonchev–Trinajstić information content (AvgIpc) is 2.75. The molecule has 4 heteroatoms. The fourth-order valence-corrected chi connectivity index (χ4v) is 5.13. The normalized spacial score (nSPS) is 35.7. The monoisotopic (exact) mass is 433 g/mol. The van der Waals surface area contributed by atoms with Crippen molar-refractivity contribution in [1.29, 1.82) is 0 Å². The standard InChI is InChI=1S/C27H44O4/c1-25(2)13-9-21(10-14-25)5-7-23-28-17-27(18-29-23)19-30-24(31-20-27)8-6-22-11-15-26(3,4)16-12-22/h5-6,23-24H,7-20H2,1-4H3/i17+1. The molecule has 0 bridgehead atoms. The lowest BCUT2D eigenvalue weighted by Crippen LogP contribution is -2.52. The van der Waals surface area contributed by atoms with Gasteiger partial charge in [0, 0.05) is 12.8 Å². The molecule has 0 radical (unpaired) electrons. The Hall–Kier alpha value is -0.680. The Kier molecular flexibility index (Phi) is 7.32. The fourth-order valence-electron chi connectivity index (χ4n) is 5.13. The molecule has 0 N–H and O–H groups in total. The quantitative estimate of drug-likeness (QED) is 0.372. The fraction of sp³-hybridized carbons (Fsp3) is 0.852. The molecule has 1 spiro atoms. The third-order valence-electron chi connectivity index (χ3n) is 7.99. The molecule has 176 valence electrons. The van der Waals surface area contributed by atoms with E-state index in [-0.39, 0.29) is 18.0 Å². The van der Waals surface area contributed by atoms with Crippen LogP contribution in [0.25, 0.3) is 0 Å². The largest absolute Gasteiger partial charge is 0.351 e. The number of ether oxygens (including phenoxy) is 4. The van der Waals surface area contributed by atoms with Crippen LogP contribution in [0.2, 0.25) is 0 Å². The highest BCUT2D eigenvalue weighted by molar-refractivity contribution is 5.08. The lowest BCUT2D eigenvalue weighted by Gasteiger charge is -2.43. The molecular formula is C27H44O4. The highest BCUT2D eigenvalue weighted by Gasteiger charge is 2.41. The van der Waals surface area contributed by atoms with E-state index in [0.717, 1.165) is 12.8 Å². The molecule has 0 amide bonds. The molecule has 4 rings (SSSR count). The number of hydrogen-bond acceptors (Lipinski definition) is 4. The Bertz CT molecular complexity index is 573. The molecule has 0 aromatic rings. The number of rotatable bonds is 4. The van der Waals surface area contributed by atoms with E-state index < -0.39 is 0 Å². The second-order valence-corrected chi connectivity index (χ2v) is 12.1. The van der Waals surface area contributed by atoms with Gasteiger partial charge in [0.05, 0.1) is 31.8 Å². The van der Waals surface area contributed by atoms with Gasteiger partial charge in [-0.15, -0.1) is 0 Å². The van der Waals surface area contributed by atoms with Gasteiger partial charge in [0.1, 0.15) is 0 Å². The zero-order valence-corrected chi connectivity index (χ0v) is 20.3. The molecule has 2 heterocycles. The van der Waals surface area contributed by atoms with Gasteiger partial charge in [-0.2, -0.15) is 0 Å². The first-order chi connectivity index (χ1) is 14.7. The minimum absolute atomic E-state index is 0.119. The van der Waals surface area contributed by atoms with Crippen LogP contribution in [0.3, 0.4) is 0 Å². The van der Waals surface area contributed by atoms with Crippen LogP contribution in [0.4, 0.5) is 0 Å². The molecule has 2 aliphatic heterocycles. The summed E-state index contributed by atoms with van der Waals surface area (Å²) in [5.74, 6) is 0. The van der Waals surface area contributed by atoms with E-state index in [1.54, 1.807) is 11.1 Å². The Morgan fingerprint density at radius 1 is 0.613 bits per heavy atom. The molecule has 1 unspecified atom stereocenters. The maximum atomic E-state index is 6.07. The van der Waals surface area contributed by atoms with Crippen molar-refractivity contribution in [2.75, 3.05) is 26.4 Å². The van der Waals surface area contributed by atoms with E-state index >= 15 is 0 Å². The minimum Gasteiger partial charge on any atom is -0.351 e. The van der Waals surface area contributed by atoms with Crippen molar-refractivity contribution in [1.82, 2.24) is 0 Å². The van der Waals surface area contributed by atoms with Gasteiger partial charge in [-0.1, -0.05) is 51.0 Å². The summed E-state index contributed by atoms with van der Waals surface area (Å²) in [5, 5.41) is 0. The van der Waals surface area contributed by atoms with Gasteiger partial charge >= 0.3 is 0 Å². The lowest BCUT2D eigenvalue weighted by molar-refractivity contribution is -0.300. The van der Waals surface area contributed by atoms with Gasteiger partial charge < -0.3 is 18.9 Å². The summed E-state index contributed by atoms with van der Waals surface area (Å²) in [7, 11) is 0. The second kappa shape index (κ2) is 9.67. The van der Waals surface area contributed by atoms with E-state index in [1.807, 2.05) is 0 Å². The molecule has 1 atom stereocenters. The SMILES string of the molecule is CC1(C)CCC(=CCC2OCC3(CO2)COC(CC=C2CCC(C)(C)CC2)O[13CH2]3)CC1. The maximum absolute atomic E-state index is 6.07. The van der Waals surface area contributed by atoms with Gasteiger partial charge in [0.2, 0.25) is 0 Å². The molecule has 4 aliphatic rings. The molecule has 4 fully saturated rings. The van der Waals surface area contributed by atoms with E-state index in [1.165, 1.54) is 51.4 Å². The van der Waals surface area contributed by atoms with Crippen molar-refractivity contribution < 1.29 is 18.9 Å². The summed E-state index contributed by atoms with van der Waals surface area (Å²) in [6, 6.07) is 0. The van der Waals surface area contributed by atoms with Gasteiger partial charge in [-0.3, -0.25) is 0 Å². The summed E-state index contributed by atoms with van der Waals surface area (Å²) in [6.07, 6.45) is 16.3. The zero-order valence-electron chi connectivity index (χ0n) is 20.3. The van der Waals surface area contributed by atoms with Crippen LogP contribution in [0.15, 0.2) is 23.3 Å². The maximum Gasteiger partial charge on any atom is 0.161 e. The molecule has 0 aromatic heterocycles. The Morgan fingerprint density at radius 2 is 0.935 bits per heavy atom. The summed E-state index contributed by atoms with van der Waals surface area (Å²) in [6.45, 7) is 12.2. The molecular weight excluding hydrogens is 389 g/mol. The van der Waals surface area contributed by atoms with Crippen LogP contribution in [0.1, 0.15) is 91.9 Å². The molecule has 0 aromatic carbocycles. The number of allylic oxidation sites excluding steroid dienone is 2. The smallest absolute Gasteiger partial charge is 0.161 e. The first-order valence-corrected chi connectivity index (χ1v) is 12.6. The minimum atomic E-state index is -0.142. The third-order valence-corrected chi connectivity index (χ3v) is 7.99. The molecule has 2 aliphatic carbocycles. The van der Waals surface area contributed by atoms with E-state index in [4.69, 9.17) is 18.9 Å². The van der Waals surface area contributed by atoms with Crippen molar-refractivity contribution in [2.24, 2.45) is 16.2 Å². The van der Waals surface area contributed by atoms with Gasteiger partial charge in [0.25, 0.3) is 0 Å². The summed E-state index contributed by atoms with van der Waals surface area (Å²) >= 11 is 0. The van der Waals surface area contributed by atoms with Crippen LogP contribution in [0, 0.1) is 16.2 Å². The molecule has 2 saturated carbocycles. The van der Waals surface area contributed by atoms with Crippen LogP contribution in [0.5, 0.6) is 0 Å². The highest BCUT2D eigenvalue weighted by Crippen LogP contribution is 2.39. The third kappa shape index (κ3) is 6.66. The predicted molar refractivity (Wildman–Crippen MR) is 124 cm³/mol. The molecule has 31 heavy (non-hydrogen) atoms. The second-order valence-electron chi connectivity index (χ2n) is 12.1. The van der Waals surface area contributed by atoms with Crippen LogP contribution < -0.4 is 0 Å². The Labute approximate surface area is 189 Å². The first kappa shape index (κ1) is 23.5. The molecule has 4 nitrogen and oxygen atoms in total.